The lowest BCUT2D eigenvalue weighted by Gasteiger charge is -2.11. The molecular weight excluding hydrogens is 541 g/mol. The molecule has 8 aromatic rings. The zero-order valence-electron chi connectivity index (χ0n) is 23.3. The summed E-state index contributed by atoms with van der Waals surface area (Å²) in [5.41, 5.74) is 9.73. The molecular formula is C40H26N2S. The third-order valence-corrected chi connectivity index (χ3v) is 9.07. The summed E-state index contributed by atoms with van der Waals surface area (Å²) in [5, 5.41) is 2.56. The van der Waals surface area contributed by atoms with Crippen LogP contribution in [0.5, 0.6) is 0 Å². The molecule has 0 amide bonds. The SMILES string of the molecule is c1ccc(-c2ccc(-c3cc(-c4ccc(-c5ccccc5)cc4)nc(-c4ccc5c(c4)sc4ccccc45)n3)cc2)cc1. The predicted molar refractivity (Wildman–Crippen MR) is 182 cm³/mol. The predicted octanol–water partition coefficient (Wildman–Crippen LogP) is 11.2. The van der Waals surface area contributed by atoms with Gasteiger partial charge in [0.2, 0.25) is 0 Å². The number of hydrogen-bond acceptors (Lipinski definition) is 3. The molecule has 0 N–H and O–H groups in total. The number of thiophene rings is 1. The molecule has 0 saturated heterocycles. The first-order valence-electron chi connectivity index (χ1n) is 14.4. The summed E-state index contributed by atoms with van der Waals surface area (Å²) in [7, 11) is 0. The summed E-state index contributed by atoms with van der Waals surface area (Å²) in [5.74, 6) is 0.728. The first kappa shape index (κ1) is 25.3. The molecule has 0 fully saturated rings. The number of benzene rings is 6. The molecule has 0 radical (unpaired) electrons. The van der Waals surface area contributed by atoms with E-state index in [4.69, 9.17) is 9.97 Å². The van der Waals surface area contributed by atoms with E-state index in [-0.39, 0.29) is 0 Å². The Morgan fingerprint density at radius 3 is 1.35 bits per heavy atom. The molecule has 6 aromatic carbocycles. The van der Waals surface area contributed by atoms with Gasteiger partial charge in [0.15, 0.2) is 5.82 Å². The maximum atomic E-state index is 5.12. The third kappa shape index (κ3) is 4.90. The van der Waals surface area contributed by atoms with Crippen LogP contribution in [0.4, 0.5) is 0 Å². The summed E-state index contributed by atoms with van der Waals surface area (Å²) < 4.78 is 2.54. The maximum absolute atomic E-state index is 5.12. The Bertz CT molecular complexity index is 2100. The van der Waals surface area contributed by atoms with Crippen molar-refractivity contribution in [2.75, 3.05) is 0 Å². The van der Waals surface area contributed by atoms with Crippen molar-refractivity contribution in [3.63, 3.8) is 0 Å². The zero-order chi connectivity index (χ0) is 28.6. The monoisotopic (exact) mass is 566 g/mol. The van der Waals surface area contributed by atoms with Gasteiger partial charge in [-0.1, -0.05) is 140 Å². The number of rotatable bonds is 5. The molecule has 2 heterocycles. The van der Waals surface area contributed by atoms with Crippen molar-refractivity contribution in [2.24, 2.45) is 0 Å². The van der Waals surface area contributed by atoms with Crippen LogP contribution in [-0.4, -0.2) is 9.97 Å². The van der Waals surface area contributed by atoms with Gasteiger partial charge in [-0.25, -0.2) is 9.97 Å². The fourth-order valence-electron chi connectivity index (χ4n) is 5.67. The zero-order valence-corrected chi connectivity index (χ0v) is 24.1. The largest absolute Gasteiger partial charge is 0.228 e. The van der Waals surface area contributed by atoms with Crippen molar-refractivity contribution >= 4 is 31.5 Å². The molecule has 0 atom stereocenters. The van der Waals surface area contributed by atoms with Gasteiger partial charge >= 0.3 is 0 Å². The minimum atomic E-state index is 0.728. The molecule has 0 spiro atoms. The molecule has 43 heavy (non-hydrogen) atoms. The van der Waals surface area contributed by atoms with Crippen LogP contribution in [0, 0.1) is 0 Å². The summed E-state index contributed by atoms with van der Waals surface area (Å²) in [4.78, 5) is 10.2. The number of fused-ring (bicyclic) bond motifs is 3. The molecule has 0 bridgehead atoms. The number of hydrogen-bond donors (Lipinski definition) is 0. The Labute approximate surface area is 254 Å². The Balaban J connectivity index is 1.24. The van der Waals surface area contributed by atoms with Gasteiger partial charge in [0.25, 0.3) is 0 Å². The van der Waals surface area contributed by atoms with E-state index in [9.17, 15) is 0 Å². The Hall–Kier alpha value is -5.38. The smallest absolute Gasteiger partial charge is 0.160 e. The molecule has 2 aromatic heterocycles. The van der Waals surface area contributed by atoms with Gasteiger partial charge in [-0.2, -0.15) is 0 Å². The van der Waals surface area contributed by atoms with Gasteiger partial charge in [-0.3, -0.25) is 0 Å². The van der Waals surface area contributed by atoms with Crippen molar-refractivity contribution < 1.29 is 0 Å². The van der Waals surface area contributed by atoms with E-state index in [0.29, 0.717) is 0 Å². The van der Waals surface area contributed by atoms with Gasteiger partial charge in [0.1, 0.15) is 0 Å². The third-order valence-electron chi connectivity index (χ3n) is 7.94. The highest BCUT2D eigenvalue weighted by molar-refractivity contribution is 7.25. The first-order valence-corrected chi connectivity index (χ1v) is 15.2. The maximum Gasteiger partial charge on any atom is 0.160 e. The highest BCUT2D eigenvalue weighted by Crippen LogP contribution is 2.37. The minimum Gasteiger partial charge on any atom is -0.228 e. The summed E-state index contributed by atoms with van der Waals surface area (Å²) in [6.07, 6.45) is 0. The summed E-state index contributed by atoms with van der Waals surface area (Å²) in [6.45, 7) is 0. The second-order valence-corrected chi connectivity index (χ2v) is 11.7. The van der Waals surface area contributed by atoms with Gasteiger partial charge in [0.05, 0.1) is 11.4 Å². The van der Waals surface area contributed by atoms with E-state index in [1.54, 1.807) is 0 Å². The van der Waals surface area contributed by atoms with Crippen molar-refractivity contribution in [3.8, 4) is 56.2 Å². The molecule has 0 saturated carbocycles. The van der Waals surface area contributed by atoms with Gasteiger partial charge < -0.3 is 0 Å². The van der Waals surface area contributed by atoms with E-state index >= 15 is 0 Å². The van der Waals surface area contributed by atoms with Crippen LogP contribution in [0.1, 0.15) is 0 Å². The Kier molecular flexibility index (Phi) is 6.36. The average molecular weight is 567 g/mol. The van der Waals surface area contributed by atoms with Crippen molar-refractivity contribution in [2.45, 2.75) is 0 Å². The van der Waals surface area contributed by atoms with Crippen molar-refractivity contribution in [1.29, 1.82) is 0 Å². The van der Waals surface area contributed by atoms with E-state index in [1.807, 2.05) is 23.5 Å². The van der Waals surface area contributed by atoms with E-state index in [1.165, 1.54) is 42.4 Å². The van der Waals surface area contributed by atoms with Crippen LogP contribution in [0.25, 0.3) is 76.3 Å². The van der Waals surface area contributed by atoms with Crippen molar-refractivity contribution in [1.82, 2.24) is 9.97 Å². The molecule has 8 rings (SSSR count). The first-order chi connectivity index (χ1) is 21.3. The lowest BCUT2D eigenvalue weighted by molar-refractivity contribution is 1.18. The van der Waals surface area contributed by atoms with Crippen LogP contribution >= 0.6 is 11.3 Å². The highest BCUT2D eigenvalue weighted by atomic mass is 32.1. The van der Waals surface area contributed by atoms with Crippen LogP contribution in [-0.2, 0) is 0 Å². The fraction of sp³-hybridized carbons (Fsp3) is 0. The Morgan fingerprint density at radius 2 is 0.767 bits per heavy atom. The number of aromatic nitrogens is 2. The summed E-state index contributed by atoms with van der Waals surface area (Å²) >= 11 is 1.82. The molecule has 3 heteroatoms. The van der Waals surface area contributed by atoms with Crippen LogP contribution in [0.15, 0.2) is 158 Å². The lowest BCUT2D eigenvalue weighted by atomic mass is 10.0. The van der Waals surface area contributed by atoms with Crippen LogP contribution in [0.3, 0.4) is 0 Å². The van der Waals surface area contributed by atoms with E-state index in [2.05, 4.69) is 146 Å². The second-order valence-electron chi connectivity index (χ2n) is 10.7. The van der Waals surface area contributed by atoms with Gasteiger partial charge in [0, 0.05) is 36.9 Å². The molecule has 0 unspecified atom stereocenters. The minimum absolute atomic E-state index is 0.728. The number of nitrogens with zero attached hydrogens (tertiary/aromatic N) is 2. The quantitative estimate of drug-likeness (QED) is 0.207. The van der Waals surface area contributed by atoms with Crippen LogP contribution < -0.4 is 0 Å². The molecule has 0 aliphatic carbocycles. The molecule has 2 nitrogen and oxygen atoms in total. The second kappa shape index (κ2) is 10.8. The molecule has 0 aliphatic heterocycles. The Morgan fingerprint density at radius 1 is 0.326 bits per heavy atom. The fourth-order valence-corrected chi connectivity index (χ4v) is 6.81. The van der Waals surface area contributed by atoms with E-state index in [0.717, 1.165) is 33.9 Å². The average Bonchev–Trinajstić information content (AvgIpc) is 3.47. The lowest BCUT2D eigenvalue weighted by Crippen LogP contribution is -1.96. The van der Waals surface area contributed by atoms with Crippen LogP contribution in [0.2, 0.25) is 0 Å². The highest BCUT2D eigenvalue weighted by Gasteiger charge is 2.13. The topological polar surface area (TPSA) is 25.8 Å². The van der Waals surface area contributed by atoms with E-state index < -0.39 is 0 Å². The van der Waals surface area contributed by atoms with Gasteiger partial charge in [-0.15, -0.1) is 11.3 Å². The summed E-state index contributed by atoms with van der Waals surface area (Å²) in [6, 6.07) is 55.5. The molecule has 202 valence electrons. The van der Waals surface area contributed by atoms with Crippen molar-refractivity contribution in [3.05, 3.63) is 158 Å². The standard InChI is InChI=1S/C40H26N2S/c1-3-9-27(10-4-1)29-15-19-31(20-16-29)36-26-37(32-21-17-30(18-22-32)28-11-5-2-6-12-28)42-40(41-36)33-23-24-35-34-13-7-8-14-38(34)43-39(35)25-33/h1-26H. The molecule has 0 aliphatic rings. The normalized spacial score (nSPS) is 11.3. The van der Waals surface area contributed by atoms with Gasteiger partial charge in [-0.05, 0) is 40.5 Å².